The summed E-state index contributed by atoms with van der Waals surface area (Å²) in [7, 11) is 0. The highest BCUT2D eigenvalue weighted by Gasteiger charge is 2.45. The fourth-order valence-corrected chi connectivity index (χ4v) is 4.10. The first-order valence-corrected chi connectivity index (χ1v) is 12.1. The van der Waals surface area contributed by atoms with E-state index in [1.54, 1.807) is 54.6 Å². The molecule has 3 aromatic carbocycles. The zero-order chi connectivity index (χ0) is 26.4. The highest BCUT2D eigenvalue weighted by Crippen LogP contribution is 2.27. The van der Waals surface area contributed by atoms with Gasteiger partial charge in [-0.25, -0.2) is 9.40 Å². The van der Waals surface area contributed by atoms with Crippen molar-refractivity contribution < 1.29 is 23.5 Å². The van der Waals surface area contributed by atoms with Crippen molar-refractivity contribution in [1.29, 1.82) is 0 Å². The lowest BCUT2D eigenvalue weighted by Crippen LogP contribution is -2.49. The maximum atomic E-state index is 13.5. The minimum absolute atomic E-state index is 0.0314. The van der Waals surface area contributed by atoms with Gasteiger partial charge in [-0.1, -0.05) is 25.1 Å². The van der Waals surface area contributed by atoms with Gasteiger partial charge in [0.2, 0.25) is 11.0 Å². The largest absolute Gasteiger partial charge is 0.494 e. The fourth-order valence-electron chi connectivity index (χ4n) is 3.73. The minimum atomic E-state index is -1.11. The van der Waals surface area contributed by atoms with Crippen LogP contribution in [-0.4, -0.2) is 40.5 Å². The maximum absolute atomic E-state index is 13.5. The van der Waals surface area contributed by atoms with Crippen molar-refractivity contribution in [2.45, 2.75) is 25.8 Å². The van der Waals surface area contributed by atoms with Crippen LogP contribution >= 0.6 is 12.2 Å². The molecule has 190 valence electrons. The van der Waals surface area contributed by atoms with Gasteiger partial charge in [0.1, 0.15) is 17.6 Å². The van der Waals surface area contributed by atoms with E-state index >= 15 is 0 Å². The summed E-state index contributed by atoms with van der Waals surface area (Å²) in [6.07, 6.45) is 0.585. The Labute approximate surface area is 219 Å². The number of benzene rings is 3. The van der Waals surface area contributed by atoms with Gasteiger partial charge in [-0.15, -0.1) is 0 Å². The van der Waals surface area contributed by atoms with Crippen LogP contribution in [-0.2, 0) is 9.59 Å². The van der Waals surface area contributed by atoms with Crippen molar-refractivity contribution in [1.82, 2.24) is 10.4 Å². The van der Waals surface area contributed by atoms with E-state index in [9.17, 15) is 18.8 Å². The van der Waals surface area contributed by atoms with Crippen LogP contribution in [0.2, 0.25) is 0 Å². The molecule has 0 bridgehead atoms. The normalized spacial score (nSPS) is 15.0. The fraction of sp³-hybridized carbons (Fsp3) is 0.185. The number of nitrogens with one attached hydrogen (secondary N) is 2. The van der Waals surface area contributed by atoms with Gasteiger partial charge >= 0.3 is 0 Å². The van der Waals surface area contributed by atoms with Gasteiger partial charge in [-0.2, -0.15) is 0 Å². The van der Waals surface area contributed by atoms with E-state index in [0.717, 1.165) is 6.42 Å². The Morgan fingerprint density at radius 3 is 2.32 bits per heavy atom. The number of hydrazine groups is 1. The summed E-state index contributed by atoms with van der Waals surface area (Å²) >= 11 is 5.51. The lowest BCUT2D eigenvalue weighted by atomic mass is 10.1. The molecule has 3 amide bonds. The molecule has 0 aliphatic carbocycles. The lowest BCUT2D eigenvalue weighted by Gasteiger charge is -2.24. The average Bonchev–Trinajstić information content (AvgIpc) is 3.13. The van der Waals surface area contributed by atoms with Crippen LogP contribution in [0.3, 0.4) is 0 Å². The summed E-state index contributed by atoms with van der Waals surface area (Å²) in [5.41, 5.74) is 3.85. The number of ether oxygens (including phenoxy) is 1. The summed E-state index contributed by atoms with van der Waals surface area (Å²) < 4.78 is 19.0. The highest BCUT2D eigenvalue weighted by atomic mass is 32.1. The quantitative estimate of drug-likeness (QED) is 0.409. The molecule has 1 unspecified atom stereocenters. The van der Waals surface area contributed by atoms with Crippen molar-refractivity contribution >= 4 is 46.4 Å². The van der Waals surface area contributed by atoms with Gasteiger partial charge in [-0.05, 0) is 79.3 Å². The van der Waals surface area contributed by atoms with Crippen LogP contribution in [0.25, 0.3) is 0 Å². The third-order valence-electron chi connectivity index (χ3n) is 5.55. The van der Waals surface area contributed by atoms with Gasteiger partial charge in [-0.3, -0.25) is 24.7 Å². The molecule has 1 aliphatic rings. The Kier molecular flexibility index (Phi) is 8.09. The molecule has 2 N–H and O–H groups in total. The molecule has 1 saturated heterocycles. The topological polar surface area (TPSA) is 91.0 Å². The molecule has 0 spiro atoms. The summed E-state index contributed by atoms with van der Waals surface area (Å²) in [4.78, 5) is 40.4. The van der Waals surface area contributed by atoms with Crippen molar-refractivity contribution in [2.24, 2.45) is 0 Å². The number of hydrogen-bond donors (Lipinski definition) is 2. The highest BCUT2D eigenvalue weighted by molar-refractivity contribution is 7.80. The van der Waals surface area contributed by atoms with E-state index in [4.69, 9.17) is 17.0 Å². The molecule has 1 fully saturated rings. The molecule has 4 rings (SSSR count). The van der Waals surface area contributed by atoms with Gasteiger partial charge < -0.3 is 10.1 Å². The summed E-state index contributed by atoms with van der Waals surface area (Å²) in [6.45, 7) is 2.60. The Balaban J connectivity index is 1.53. The molecular weight excluding hydrogens is 495 g/mol. The van der Waals surface area contributed by atoms with Crippen LogP contribution < -0.4 is 20.4 Å². The summed E-state index contributed by atoms with van der Waals surface area (Å²) in [5, 5.41) is 3.93. The molecule has 8 nitrogen and oxygen atoms in total. The lowest BCUT2D eigenvalue weighted by molar-refractivity contribution is -0.124. The monoisotopic (exact) mass is 520 g/mol. The summed E-state index contributed by atoms with van der Waals surface area (Å²) in [6, 6.07) is 19.4. The minimum Gasteiger partial charge on any atom is -0.494 e. The number of thiocarbonyl (C=S) groups is 1. The van der Waals surface area contributed by atoms with E-state index in [0.29, 0.717) is 29.3 Å². The third kappa shape index (κ3) is 6.10. The molecule has 0 radical (unpaired) electrons. The number of carbonyl (C=O) groups excluding carboxylic acids is 3. The second-order valence-corrected chi connectivity index (χ2v) is 8.62. The standard InChI is InChI=1S/C27H25FN4O4S/c1-2-16-36-22-14-10-20(11-15-22)29-24(33)17-23-26(35)31(21-12-8-19(28)9-13-21)27(37)32(23)30-25(34)18-6-4-3-5-7-18/h3-15,23H,2,16-17H2,1H3,(H,29,33)(H,30,34). The first-order valence-electron chi connectivity index (χ1n) is 11.7. The van der Waals surface area contributed by atoms with Crippen LogP contribution in [0.15, 0.2) is 78.9 Å². The molecule has 1 atom stereocenters. The first-order chi connectivity index (χ1) is 17.9. The van der Waals surface area contributed by atoms with E-state index in [1.807, 2.05) is 6.92 Å². The van der Waals surface area contributed by atoms with Crippen LogP contribution in [0.5, 0.6) is 5.75 Å². The third-order valence-corrected chi connectivity index (χ3v) is 5.93. The van der Waals surface area contributed by atoms with Crippen molar-refractivity contribution in [3.63, 3.8) is 0 Å². The summed E-state index contributed by atoms with van der Waals surface area (Å²) in [5.74, 6) is -1.27. The van der Waals surface area contributed by atoms with Crippen LogP contribution in [0.4, 0.5) is 15.8 Å². The molecule has 0 saturated carbocycles. The van der Waals surface area contributed by atoms with Gasteiger partial charge in [0.15, 0.2) is 0 Å². The van der Waals surface area contributed by atoms with E-state index in [-0.39, 0.29) is 11.5 Å². The second kappa shape index (κ2) is 11.6. The van der Waals surface area contributed by atoms with E-state index in [2.05, 4.69) is 10.7 Å². The number of nitrogens with zero attached hydrogens (tertiary/aromatic N) is 2. The number of halogens is 1. The van der Waals surface area contributed by atoms with Gasteiger partial charge in [0, 0.05) is 11.3 Å². The molecular formula is C27H25FN4O4S. The number of hydrogen-bond acceptors (Lipinski definition) is 5. The van der Waals surface area contributed by atoms with Crippen molar-refractivity contribution in [3.05, 3.63) is 90.2 Å². The molecule has 0 aromatic heterocycles. The maximum Gasteiger partial charge on any atom is 0.269 e. The predicted octanol–water partition coefficient (Wildman–Crippen LogP) is 4.29. The molecule has 1 heterocycles. The zero-order valence-corrected chi connectivity index (χ0v) is 20.8. The van der Waals surface area contributed by atoms with Gasteiger partial charge in [0.25, 0.3) is 11.8 Å². The molecule has 37 heavy (non-hydrogen) atoms. The average molecular weight is 521 g/mol. The predicted molar refractivity (Wildman–Crippen MR) is 141 cm³/mol. The SMILES string of the molecule is CCCOc1ccc(NC(=O)CC2C(=O)N(c3ccc(F)cc3)C(=S)N2NC(=O)c2ccccc2)cc1. The Morgan fingerprint density at radius 2 is 1.68 bits per heavy atom. The second-order valence-electron chi connectivity index (χ2n) is 8.25. The van der Waals surface area contributed by atoms with E-state index in [1.165, 1.54) is 34.2 Å². The number of rotatable bonds is 9. The Morgan fingerprint density at radius 1 is 1.00 bits per heavy atom. The molecule has 3 aromatic rings. The first kappa shape index (κ1) is 25.8. The van der Waals surface area contributed by atoms with Crippen LogP contribution in [0, 0.1) is 5.82 Å². The molecule has 10 heteroatoms. The molecule has 1 aliphatic heterocycles. The van der Waals surface area contributed by atoms with Crippen LogP contribution in [0.1, 0.15) is 30.1 Å². The Hall–Kier alpha value is -4.31. The smallest absolute Gasteiger partial charge is 0.269 e. The zero-order valence-electron chi connectivity index (χ0n) is 20.0. The van der Waals surface area contributed by atoms with Crippen molar-refractivity contribution in [3.8, 4) is 5.75 Å². The number of amides is 3. The van der Waals surface area contributed by atoms with E-state index < -0.39 is 29.6 Å². The number of carbonyl (C=O) groups is 3. The Bertz CT molecular complexity index is 1290. The van der Waals surface area contributed by atoms with Crippen molar-refractivity contribution in [2.75, 3.05) is 16.8 Å². The number of anilines is 2. The van der Waals surface area contributed by atoms with Gasteiger partial charge in [0.05, 0.1) is 18.7 Å².